The fourth-order valence-corrected chi connectivity index (χ4v) is 3.12. The standard InChI is InChI=1S/C11H11NO5/c13-7(14)4-17-12-10(15)8-5-1-2-6(3-5)9(8)11(12)16/h1-2,5-6,8-9H,3-4H2,(H,13,14)/t5-,6-,8-,9-/m0/s1. The summed E-state index contributed by atoms with van der Waals surface area (Å²) in [5.74, 6) is -2.45. The topological polar surface area (TPSA) is 83.9 Å². The van der Waals surface area contributed by atoms with Crippen LogP contribution in [0.5, 0.6) is 0 Å². The fraction of sp³-hybridized carbons (Fsp3) is 0.545. The second kappa shape index (κ2) is 3.40. The van der Waals surface area contributed by atoms with Gasteiger partial charge >= 0.3 is 5.97 Å². The Labute approximate surface area is 96.8 Å². The van der Waals surface area contributed by atoms with Crippen LogP contribution in [0.3, 0.4) is 0 Å². The average molecular weight is 237 g/mol. The largest absolute Gasteiger partial charge is 0.479 e. The lowest BCUT2D eigenvalue weighted by atomic mass is 9.85. The monoisotopic (exact) mass is 237 g/mol. The van der Waals surface area contributed by atoms with Crippen LogP contribution in [0.4, 0.5) is 0 Å². The molecule has 2 fully saturated rings. The molecule has 2 amide bonds. The zero-order valence-corrected chi connectivity index (χ0v) is 8.91. The van der Waals surface area contributed by atoms with Gasteiger partial charge in [0.1, 0.15) is 0 Å². The smallest absolute Gasteiger partial charge is 0.332 e. The van der Waals surface area contributed by atoms with Crippen molar-refractivity contribution in [3.8, 4) is 0 Å². The number of hydroxylamine groups is 2. The van der Waals surface area contributed by atoms with Crippen molar-refractivity contribution in [3.63, 3.8) is 0 Å². The van der Waals surface area contributed by atoms with E-state index < -0.39 is 24.4 Å². The number of carboxylic acids is 1. The fourth-order valence-electron chi connectivity index (χ4n) is 3.12. The molecule has 4 atom stereocenters. The van der Waals surface area contributed by atoms with E-state index in [4.69, 9.17) is 9.94 Å². The molecule has 0 radical (unpaired) electrons. The van der Waals surface area contributed by atoms with Crippen molar-refractivity contribution < 1.29 is 24.3 Å². The molecule has 0 aromatic rings. The summed E-state index contributed by atoms with van der Waals surface area (Å²) in [6, 6.07) is 0. The second-order valence-corrected chi connectivity index (χ2v) is 4.64. The molecule has 1 saturated heterocycles. The zero-order valence-electron chi connectivity index (χ0n) is 8.91. The molecule has 1 saturated carbocycles. The number of carbonyl (C=O) groups is 3. The van der Waals surface area contributed by atoms with Gasteiger partial charge in [0, 0.05) is 0 Å². The Bertz CT molecular complexity index is 413. The van der Waals surface area contributed by atoms with Crippen LogP contribution in [0.25, 0.3) is 0 Å². The van der Waals surface area contributed by atoms with Crippen LogP contribution >= 0.6 is 0 Å². The van der Waals surface area contributed by atoms with E-state index in [1.54, 1.807) is 0 Å². The number of carboxylic acid groups (broad SMARTS) is 1. The minimum absolute atomic E-state index is 0.111. The number of allylic oxidation sites excluding steroid dienone is 2. The molecule has 6 heteroatoms. The third kappa shape index (κ3) is 1.33. The number of carbonyl (C=O) groups excluding carboxylic acids is 2. The molecule has 3 rings (SSSR count). The number of aliphatic carboxylic acids is 1. The maximum absolute atomic E-state index is 12.0. The molecular formula is C11H11NO5. The Hall–Kier alpha value is -1.69. The first-order chi connectivity index (χ1) is 8.09. The van der Waals surface area contributed by atoms with Gasteiger partial charge in [-0.2, -0.15) is 5.06 Å². The van der Waals surface area contributed by atoms with Crippen LogP contribution in [-0.4, -0.2) is 34.6 Å². The number of imide groups is 1. The predicted octanol–water partition coefficient (Wildman–Crippen LogP) is -0.190. The summed E-state index contributed by atoms with van der Waals surface area (Å²) in [5, 5.41) is 9.13. The molecule has 1 N–H and O–H groups in total. The van der Waals surface area contributed by atoms with Crippen LogP contribution in [0.15, 0.2) is 12.2 Å². The molecule has 0 spiro atoms. The van der Waals surface area contributed by atoms with E-state index in [0.29, 0.717) is 5.06 Å². The van der Waals surface area contributed by atoms with Gasteiger partial charge in [-0.05, 0) is 18.3 Å². The first-order valence-electron chi connectivity index (χ1n) is 5.50. The maximum Gasteiger partial charge on any atom is 0.332 e. The summed E-state index contributed by atoms with van der Waals surface area (Å²) >= 11 is 0. The van der Waals surface area contributed by atoms with Crippen molar-refractivity contribution in [2.45, 2.75) is 6.42 Å². The second-order valence-electron chi connectivity index (χ2n) is 4.64. The number of amides is 2. The van der Waals surface area contributed by atoms with Gasteiger partial charge in [-0.25, -0.2) is 4.79 Å². The lowest BCUT2D eigenvalue weighted by Gasteiger charge is -2.14. The summed E-state index contributed by atoms with van der Waals surface area (Å²) in [6.45, 7) is -0.667. The number of hydrogen-bond donors (Lipinski definition) is 1. The first-order valence-corrected chi connectivity index (χ1v) is 5.50. The summed E-state index contributed by atoms with van der Waals surface area (Å²) in [6.07, 6.45) is 4.79. The third-order valence-corrected chi connectivity index (χ3v) is 3.75. The Morgan fingerprint density at radius 2 is 1.82 bits per heavy atom. The average Bonchev–Trinajstić information content (AvgIpc) is 2.92. The van der Waals surface area contributed by atoms with Gasteiger partial charge in [-0.3, -0.25) is 14.4 Å². The molecule has 1 heterocycles. The number of hydrogen-bond acceptors (Lipinski definition) is 4. The predicted molar refractivity (Wildman–Crippen MR) is 53.2 cm³/mol. The van der Waals surface area contributed by atoms with Gasteiger partial charge < -0.3 is 5.11 Å². The minimum Gasteiger partial charge on any atom is -0.479 e. The van der Waals surface area contributed by atoms with Crippen molar-refractivity contribution >= 4 is 17.8 Å². The lowest BCUT2D eigenvalue weighted by molar-refractivity contribution is -0.194. The van der Waals surface area contributed by atoms with Gasteiger partial charge in [0.25, 0.3) is 11.8 Å². The molecular weight excluding hydrogens is 226 g/mol. The highest BCUT2D eigenvalue weighted by Gasteiger charge is 2.60. The Morgan fingerprint density at radius 1 is 1.29 bits per heavy atom. The van der Waals surface area contributed by atoms with Crippen molar-refractivity contribution in [1.29, 1.82) is 0 Å². The molecule has 90 valence electrons. The van der Waals surface area contributed by atoms with E-state index in [9.17, 15) is 14.4 Å². The van der Waals surface area contributed by atoms with E-state index in [2.05, 4.69) is 0 Å². The zero-order chi connectivity index (χ0) is 12.2. The Kier molecular flexibility index (Phi) is 2.09. The first kappa shape index (κ1) is 10.5. The highest BCUT2D eigenvalue weighted by atomic mass is 16.7. The third-order valence-electron chi connectivity index (χ3n) is 3.75. The number of nitrogens with zero attached hydrogens (tertiary/aromatic N) is 1. The van der Waals surface area contributed by atoms with Crippen molar-refractivity contribution in [3.05, 3.63) is 12.2 Å². The van der Waals surface area contributed by atoms with Gasteiger partial charge in [-0.15, -0.1) is 0 Å². The minimum atomic E-state index is -1.20. The summed E-state index contributed by atoms with van der Waals surface area (Å²) in [5.41, 5.74) is 0. The Balaban J connectivity index is 1.80. The SMILES string of the molecule is O=C(O)CON1C(=O)[C@@H]2[C@@H](C1=O)[C@H]1C=C[C@H]2C1. The van der Waals surface area contributed by atoms with E-state index in [1.807, 2.05) is 12.2 Å². The molecule has 0 aromatic carbocycles. The van der Waals surface area contributed by atoms with Crippen LogP contribution < -0.4 is 0 Å². The van der Waals surface area contributed by atoms with E-state index in [1.165, 1.54) is 0 Å². The van der Waals surface area contributed by atoms with E-state index in [0.717, 1.165) is 6.42 Å². The molecule has 2 bridgehead atoms. The molecule has 17 heavy (non-hydrogen) atoms. The summed E-state index contributed by atoms with van der Waals surface area (Å²) < 4.78 is 0. The molecule has 6 nitrogen and oxygen atoms in total. The quantitative estimate of drug-likeness (QED) is 0.543. The van der Waals surface area contributed by atoms with Gasteiger partial charge in [0.2, 0.25) is 0 Å². The lowest BCUT2D eigenvalue weighted by Crippen LogP contribution is -2.34. The molecule has 0 aromatic heterocycles. The highest BCUT2D eigenvalue weighted by Crippen LogP contribution is 2.52. The summed E-state index contributed by atoms with van der Waals surface area (Å²) in [7, 11) is 0. The molecule has 1 aliphatic heterocycles. The van der Waals surface area contributed by atoms with Gasteiger partial charge in [0.05, 0.1) is 11.8 Å². The molecule has 3 aliphatic rings. The Morgan fingerprint density at radius 3 is 2.29 bits per heavy atom. The van der Waals surface area contributed by atoms with Crippen LogP contribution in [0.1, 0.15) is 6.42 Å². The highest BCUT2D eigenvalue weighted by molar-refractivity contribution is 6.05. The van der Waals surface area contributed by atoms with Crippen LogP contribution in [0, 0.1) is 23.7 Å². The van der Waals surface area contributed by atoms with E-state index >= 15 is 0 Å². The van der Waals surface area contributed by atoms with Crippen molar-refractivity contribution in [2.75, 3.05) is 6.61 Å². The normalized spacial score (nSPS) is 38.0. The summed E-state index contributed by atoms with van der Waals surface area (Å²) in [4.78, 5) is 39.0. The molecule has 0 unspecified atom stereocenters. The number of fused-ring (bicyclic) bond motifs is 5. The number of rotatable bonds is 3. The van der Waals surface area contributed by atoms with Crippen LogP contribution in [-0.2, 0) is 19.2 Å². The van der Waals surface area contributed by atoms with Crippen molar-refractivity contribution in [2.24, 2.45) is 23.7 Å². The molecule has 2 aliphatic carbocycles. The van der Waals surface area contributed by atoms with Crippen molar-refractivity contribution in [1.82, 2.24) is 5.06 Å². The van der Waals surface area contributed by atoms with Crippen LogP contribution in [0.2, 0.25) is 0 Å². The van der Waals surface area contributed by atoms with Gasteiger partial charge in [-0.1, -0.05) is 12.2 Å². The van der Waals surface area contributed by atoms with E-state index in [-0.39, 0.29) is 23.7 Å². The van der Waals surface area contributed by atoms with Gasteiger partial charge in [0.15, 0.2) is 6.61 Å². The maximum atomic E-state index is 12.0.